The van der Waals surface area contributed by atoms with Crippen LogP contribution in [-0.4, -0.2) is 18.1 Å². The highest BCUT2D eigenvalue weighted by atomic mass is 35.5. The van der Waals surface area contributed by atoms with E-state index in [0.717, 1.165) is 21.7 Å². The van der Waals surface area contributed by atoms with Crippen molar-refractivity contribution in [2.45, 2.75) is 6.61 Å². The number of benzene rings is 2. The normalized spacial score (nSPS) is 10.9. The Bertz CT molecular complexity index is 677. The topological polar surface area (TPSA) is 47.3 Å². The Morgan fingerprint density at radius 3 is 2.71 bits per heavy atom. The van der Waals surface area contributed by atoms with Gasteiger partial charge in [-0.1, -0.05) is 35.9 Å². The van der Waals surface area contributed by atoms with E-state index in [0.29, 0.717) is 25.8 Å². The molecule has 1 aromatic heterocycles. The molecule has 0 saturated carbocycles. The predicted octanol–water partition coefficient (Wildman–Crippen LogP) is 4.11. The van der Waals surface area contributed by atoms with Crippen LogP contribution in [-0.2, 0) is 11.3 Å². The SMILES string of the molecule is Clc1ccc(COCCNc2nc3ccccc3o2)cc1. The molecule has 0 unspecified atom stereocenters. The smallest absolute Gasteiger partial charge is 0.295 e. The Kier molecular flexibility index (Phi) is 4.38. The van der Waals surface area contributed by atoms with Crippen molar-refractivity contribution >= 4 is 28.7 Å². The zero-order valence-electron chi connectivity index (χ0n) is 11.4. The lowest BCUT2D eigenvalue weighted by atomic mass is 10.2. The number of halogens is 1. The van der Waals surface area contributed by atoms with Crippen molar-refractivity contribution in [1.29, 1.82) is 0 Å². The number of anilines is 1. The molecular weight excluding hydrogens is 288 g/mol. The second-order valence-corrected chi connectivity index (χ2v) is 5.03. The van der Waals surface area contributed by atoms with Gasteiger partial charge in [0.25, 0.3) is 6.01 Å². The summed E-state index contributed by atoms with van der Waals surface area (Å²) < 4.78 is 11.1. The summed E-state index contributed by atoms with van der Waals surface area (Å²) in [5.74, 6) is 0. The molecule has 0 spiro atoms. The second kappa shape index (κ2) is 6.61. The van der Waals surface area contributed by atoms with Gasteiger partial charge in [-0.25, -0.2) is 0 Å². The molecule has 0 bridgehead atoms. The first-order chi connectivity index (χ1) is 10.3. The summed E-state index contributed by atoms with van der Waals surface area (Å²) >= 11 is 5.83. The molecule has 21 heavy (non-hydrogen) atoms. The standard InChI is InChI=1S/C16H15ClN2O2/c17-13-7-5-12(6-8-13)11-20-10-9-18-16-19-14-3-1-2-4-15(14)21-16/h1-8H,9-11H2,(H,18,19). The highest BCUT2D eigenvalue weighted by Gasteiger charge is 2.03. The molecule has 0 saturated heterocycles. The number of rotatable bonds is 6. The molecule has 0 amide bonds. The van der Waals surface area contributed by atoms with Crippen molar-refractivity contribution < 1.29 is 9.15 Å². The number of oxazole rings is 1. The van der Waals surface area contributed by atoms with Gasteiger partial charge in [0.05, 0.1) is 13.2 Å². The molecule has 2 aromatic carbocycles. The average molecular weight is 303 g/mol. The van der Waals surface area contributed by atoms with Crippen LogP contribution in [0, 0.1) is 0 Å². The molecule has 3 rings (SSSR count). The molecule has 0 aliphatic carbocycles. The van der Waals surface area contributed by atoms with Crippen molar-refractivity contribution in [3.8, 4) is 0 Å². The molecular formula is C16H15ClN2O2. The molecule has 108 valence electrons. The lowest BCUT2D eigenvalue weighted by Crippen LogP contribution is -2.09. The van der Waals surface area contributed by atoms with Gasteiger partial charge in [0.2, 0.25) is 0 Å². The number of hydrogen-bond acceptors (Lipinski definition) is 4. The van der Waals surface area contributed by atoms with E-state index in [4.69, 9.17) is 20.8 Å². The summed E-state index contributed by atoms with van der Waals surface area (Å²) in [6, 6.07) is 15.8. The summed E-state index contributed by atoms with van der Waals surface area (Å²) in [5, 5.41) is 3.84. The molecule has 0 fully saturated rings. The van der Waals surface area contributed by atoms with Crippen molar-refractivity contribution in [3.05, 3.63) is 59.1 Å². The van der Waals surface area contributed by atoms with Gasteiger partial charge in [-0.15, -0.1) is 0 Å². The van der Waals surface area contributed by atoms with Gasteiger partial charge in [0.15, 0.2) is 5.58 Å². The van der Waals surface area contributed by atoms with Gasteiger partial charge in [-0.2, -0.15) is 4.98 Å². The molecule has 0 aliphatic rings. The summed E-state index contributed by atoms with van der Waals surface area (Å²) in [4.78, 5) is 4.33. The maximum atomic E-state index is 5.83. The van der Waals surface area contributed by atoms with Crippen LogP contribution in [0.5, 0.6) is 0 Å². The van der Waals surface area contributed by atoms with E-state index >= 15 is 0 Å². The molecule has 0 aliphatic heterocycles. The summed E-state index contributed by atoms with van der Waals surface area (Å²) in [6.45, 7) is 1.77. The van der Waals surface area contributed by atoms with Gasteiger partial charge in [0, 0.05) is 11.6 Å². The first-order valence-electron chi connectivity index (χ1n) is 6.73. The van der Waals surface area contributed by atoms with E-state index in [1.165, 1.54) is 0 Å². The number of nitrogens with one attached hydrogen (secondary N) is 1. The number of aromatic nitrogens is 1. The molecule has 4 nitrogen and oxygen atoms in total. The van der Waals surface area contributed by atoms with Crippen LogP contribution in [0.25, 0.3) is 11.1 Å². The first-order valence-corrected chi connectivity index (χ1v) is 7.11. The quantitative estimate of drug-likeness (QED) is 0.696. The number of para-hydroxylation sites is 2. The fraction of sp³-hybridized carbons (Fsp3) is 0.188. The van der Waals surface area contributed by atoms with Gasteiger partial charge < -0.3 is 14.5 Å². The van der Waals surface area contributed by atoms with Crippen LogP contribution in [0.4, 0.5) is 6.01 Å². The first kappa shape index (κ1) is 13.9. The third kappa shape index (κ3) is 3.74. The number of ether oxygens (including phenoxy) is 1. The van der Waals surface area contributed by atoms with Crippen LogP contribution in [0.3, 0.4) is 0 Å². The predicted molar refractivity (Wildman–Crippen MR) is 83.6 cm³/mol. The number of fused-ring (bicyclic) bond motifs is 1. The molecule has 0 radical (unpaired) electrons. The molecule has 5 heteroatoms. The highest BCUT2D eigenvalue weighted by molar-refractivity contribution is 6.30. The van der Waals surface area contributed by atoms with Gasteiger partial charge in [-0.05, 0) is 29.8 Å². The lowest BCUT2D eigenvalue weighted by Gasteiger charge is -2.04. The largest absolute Gasteiger partial charge is 0.424 e. The van der Waals surface area contributed by atoms with E-state index in [1.807, 2.05) is 48.5 Å². The van der Waals surface area contributed by atoms with Crippen LogP contribution >= 0.6 is 11.6 Å². The number of hydrogen-bond donors (Lipinski definition) is 1. The minimum Gasteiger partial charge on any atom is -0.424 e. The Balaban J connectivity index is 1.42. The van der Waals surface area contributed by atoms with Crippen LogP contribution in [0.1, 0.15) is 5.56 Å². The molecule has 1 N–H and O–H groups in total. The van der Waals surface area contributed by atoms with Crippen molar-refractivity contribution in [3.63, 3.8) is 0 Å². The van der Waals surface area contributed by atoms with Crippen LogP contribution in [0.2, 0.25) is 5.02 Å². The molecule has 3 aromatic rings. The van der Waals surface area contributed by atoms with E-state index in [-0.39, 0.29) is 0 Å². The van der Waals surface area contributed by atoms with E-state index in [9.17, 15) is 0 Å². The van der Waals surface area contributed by atoms with Gasteiger partial charge >= 0.3 is 0 Å². The monoisotopic (exact) mass is 302 g/mol. The van der Waals surface area contributed by atoms with Crippen molar-refractivity contribution in [1.82, 2.24) is 4.98 Å². The van der Waals surface area contributed by atoms with E-state index < -0.39 is 0 Å². The minimum absolute atomic E-state index is 0.520. The van der Waals surface area contributed by atoms with Gasteiger partial charge in [0.1, 0.15) is 5.52 Å². The zero-order valence-corrected chi connectivity index (χ0v) is 12.1. The lowest BCUT2D eigenvalue weighted by molar-refractivity contribution is 0.130. The minimum atomic E-state index is 0.520. The Hall–Kier alpha value is -2.04. The maximum absolute atomic E-state index is 5.83. The highest BCUT2D eigenvalue weighted by Crippen LogP contribution is 2.17. The third-order valence-electron chi connectivity index (χ3n) is 3.00. The Morgan fingerprint density at radius 2 is 1.90 bits per heavy atom. The molecule has 1 heterocycles. The third-order valence-corrected chi connectivity index (χ3v) is 3.25. The second-order valence-electron chi connectivity index (χ2n) is 4.59. The fourth-order valence-electron chi connectivity index (χ4n) is 1.95. The van der Waals surface area contributed by atoms with Crippen LogP contribution < -0.4 is 5.32 Å². The maximum Gasteiger partial charge on any atom is 0.295 e. The summed E-state index contributed by atoms with van der Waals surface area (Å²) in [6.07, 6.45) is 0. The average Bonchev–Trinajstić information content (AvgIpc) is 2.91. The van der Waals surface area contributed by atoms with E-state index in [2.05, 4.69) is 10.3 Å². The summed E-state index contributed by atoms with van der Waals surface area (Å²) in [7, 11) is 0. The Labute approximate surface area is 127 Å². The van der Waals surface area contributed by atoms with Crippen LogP contribution in [0.15, 0.2) is 52.9 Å². The zero-order chi connectivity index (χ0) is 14.5. The number of nitrogens with zero attached hydrogens (tertiary/aromatic N) is 1. The fourth-order valence-corrected chi connectivity index (χ4v) is 2.07. The van der Waals surface area contributed by atoms with Crippen molar-refractivity contribution in [2.24, 2.45) is 0 Å². The van der Waals surface area contributed by atoms with Gasteiger partial charge in [-0.3, -0.25) is 0 Å². The summed E-state index contributed by atoms with van der Waals surface area (Å²) in [5.41, 5.74) is 2.73. The van der Waals surface area contributed by atoms with E-state index in [1.54, 1.807) is 0 Å². The Morgan fingerprint density at radius 1 is 1.10 bits per heavy atom. The molecule has 0 atom stereocenters. The van der Waals surface area contributed by atoms with Crippen molar-refractivity contribution in [2.75, 3.05) is 18.5 Å².